The molecule has 0 radical (unpaired) electrons. The number of hydrogen-bond acceptors (Lipinski definition) is 1. The average Bonchev–Trinajstić information content (AvgIpc) is 1.88. The fraction of sp³-hybridized carbons (Fsp3) is 1.00. The van der Waals surface area contributed by atoms with Crippen LogP contribution in [0.5, 0.6) is 0 Å². The summed E-state index contributed by atoms with van der Waals surface area (Å²) in [5.74, 6) is 0. The molecule has 0 spiro atoms. The Morgan fingerprint density at radius 1 is 1.20 bits per heavy atom. The molecule has 0 aliphatic heterocycles. The van der Waals surface area contributed by atoms with Crippen molar-refractivity contribution in [3.63, 3.8) is 0 Å². The minimum Gasteiger partial charge on any atom is -0.664 e. The van der Waals surface area contributed by atoms with E-state index in [4.69, 9.17) is 0 Å². The predicted molar refractivity (Wildman–Crippen MR) is 44.1 cm³/mol. The third-order valence-electron chi connectivity index (χ3n) is 0.771. The van der Waals surface area contributed by atoms with E-state index in [-0.39, 0.29) is 58.2 Å². The Hall–Kier alpha value is 1.73. The van der Waals surface area contributed by atoms with Crippen LogP contribution < -0.4 is 58.2 Å². The van der Waals surface area contributed by atoms with Crippen LogP contribution >= 0.6 is 0 Å². The molecular formula is C7H19N2Rb. The fourth-order valence-electron chi connectivity index (χ4n) is 0.300. The number of hydrogen-bond donors (Lipinski definition) is 0. The van der Waals surface area contributed by atoms with Crippen molar-refractivity contribution in [2.24, 2.45) is 0 Å². The Balaban J connectivity index is -0.000000149. The first-order chi connectivity index (χ1) is 4.27. The Kier molecular flexibility index (Phi) is 30.1. The molecule has 2 nitrogen and oxygen atoms in total. The van der Waals surface area contributed by atoms with Crippen molar-refractivity contribution >= 4 is 0 Å². The first-order valence-electron chi connectivity index (χ1n) is 3.47. The van der Waals surface area contributed by atoms with E-state index < -0.39 is 0 Å². The van der Waals surface area contributed by atoms with Crippen molar-refractivity contribution in [3.8, 4) is 0 Å². The Morgan fingerprint density at radius 2 is 1.60 bits per heavy atom. The zero-order valence-electron chi connectivity index (χ0n) is 8.31. The number of nitrogens with zero attached hydrogens (tertiary/aromatic N) is 2. The van der Waals surface area contributed by atoms with E-state index >= 15 is 0 Å². The molecule has 0 saturated heterocycles. The zero-order chi connectivity index (χ0) is 7.70. The maximum atomic E-state index is 3.93. The second kappa shape index (κ2) is 17.0. The van der Waals surface area contributed by atoms with Crippen LogP contribution in [0.15, 0.2) is 0 Å². The van der Waals surface area contributed by atoms with Crippen molar-refractivity contribution in [1.82, 2.24) is 4.90 Å². The van der Waals surface area contributed by atoms with Gasteiger partial charge in [0.2, 0.25) is 0 Å². The van der Waals surface area contributed by atoms with Gasteiger partial charge in [-0.15, -0.1) is 6.54 Å². The first kappa shape index (κ1) is 17.7. The standard InChI is InChI=1S/C5H13N2.C2H6.Rb/c1-6-4-5-7(2)3;1-2;/h4-5H2,1-3H3;1-2H3;/q-1;;+1. The van der Waals surface area contributed by atoms with Crippen LogP contribution in [-0.4, -0.2) is 39.1 Å². The normalized spacial score (nSPS) is 7.80. The first-order valence-corrected chi connectivity index (χ1v) is 3.47. The van der Waals surface area contributed by atoms with Gasteiger partial charge in [0.25, 0.3) is 0 Å². The molecule has 10 heavy (non-hydrogen) atoms. The zero-order valence-corrected chi connectivity index (χ0v) is 13.2. The molecule has 0 aromatic rings. The largest absolute Gasteiger partial charge is 1.00 e. The van der Waals surface area contributed by atoms with E-state index in [1.165, 1.54) is 0 Å². The third kappa shape index (κ3) is 22.6. The van der Waals surface area contributed by atoms with Gasteiger partial charge in [-0.25, -0.2) is 0 Å². The molecule has 0 aliphatic carbocycles. The van der Waals surface area contributed by atoms with Gasteiger partial charge in [0.1, 0.15) is 0 Å². The predicted octanol–water partition coefficient (Wildman–Crippen LogP) is -1.42. The smallest absolute Gasteiger partial charge is 0.664 e. The molecule has 0 fully saturated rings. The fourth-order valence-corrected chi connectivity index (χ4v) is 0.300. The Bertz CT molecular complexity index is 40.6. The summed E-state index contributed by atoms with van der Waals surface area (Å²) < 4.78 is 0. The molecule has 0 N–H and O–H groups in total. The van der Waals surface area contributed by atoms with E-state index in [1.54, 1.807) is 0 Å². The van der Waals surface area contributed by atoms with E-state index in [1.807, 2.05) is 35.0 Å². The van der Waals surface area contributed by atoms with E-state index in [2.05, 4.69) is 10.2 Å². The Labute approximate surface area is 115 Å². The summed E-state index contributed by atoms with van der Waals surface area (Å²) in [5, 5.41) is 3.93. The van der Waals surface area contributed by atoms with Crippen LogP contribution in [0.4, 0.5) is 0 Å². The molecule has 3 heteroatoms. The summed E-state index contributed by atoms with van der Waals surface area (Å²) in [6.45, 7) is 6.02. The molecule has 0 aromatic carbocycles. The van der Waals surface area contributed by atoms with Crippen molar-refractivity contribution in [2.75, 3.05) is 34.2 Å². The van der Waals surface area contributed by atoms with E-state index in [9.17, 15) is 0 Å². The molecule has 0 heterocycles. The van der Waals surface area contributed by atoms with Crippen molar-refractivity contribution < 1.29 is 58.2 Å². The summed E-state index contributed by atoms with van der Waals surface area (Å²) in [6.07, 6.45) is 0. The summed E-state index contributed by atoms with van der Waals surface area (Å²) in [4.78, 5) is 2.12. The molecule has 0 unspecified atom stereocenters. The quantitative estimate of drug-likeness (QED) is 0.566. The van der Waals surface area contributed by atoms with E-state index in [0.29, 0.717) is 0 Å². The number of likely N-dealkylation sites (N-methyl/N-ethyl adjacent to an activating group) is 2. The second-order valence-electron chi connectivity index (χ2n) is 1.84. The van der Waals surface area contributed by atoms with Crippen LogP contribution in [0.3, 0.4) is 0 Å². The van der Waals surface area contributed by atoms with Crippen LogP contribution in [0, 0.1) is 0 Å². The van der Waals surface area contributed by atoms with Crippen LogP contribution in [0.1, 0.15) is 13.8 Å². The number of rotatable bonds is 3. The topological polar surface area (TPSA) is 17.3 Å². The summed E-state index contributed by atoms with van der Waals surface area (Å²) in [7, 11) is 5.93. The molecule has 58 valence electrons. The average molecular weight is 217 g/mol. The van der Waals surface area contributed by atoms with Gasteiger partial charge in [0.15, 0.2) is 0 Å². The molecular weight excluding hydrogens is 198 g/mol. The van der Waals surface area contributed by atoms with Gasteiger partial charge < -0.3 is 10.2 Å². The maximum absolute atomic E-state index is 3.93. The molecule has 0 aromatic heterocycles. The van der Waals surface area contributed by atoms with Gasteiger partial charge in [0, 0.05) is 0 Å². The second-order valence-corrected chi connectivity index (χ2v) is 1.84. The Morgan fingerprint density at radius 3 is 1.70 bits per heavy atom. The SMILES string of the molecule is CC.C[N-]CCN(C)C.[Rb+]. The molecule has 0 bridgehead atoms. The van der Waals surface area contributed by atoms with E-state index in [0.717, 1.165) is 13.1 Å². The van der Waals surface area contributed by atoms with Crippen molar-refractivity contribution in [2.45, 2.75) is 13.8 Å². The minimum absolute atomic E-state index is 0. The van der Waals surface area contributed by atoms with Crippen LogP contribution in [0.2, 0.25) is 0 Å². The van der Waals surface area contributed by atoms with Gasteiger partial charge in [-0.1, -0.05) is 13.8 Å². The monoisotopic (exact) mass is 216 g/mol. The third-order valence-corrected chi connectivity index (χ3v) is 0.771. The molecule has 0 aliphatic rings. The minimum atomic E-state index is 0. The van der Waals surface area contributed by atoms with Gasteiger partial charge in [-0.2, -0.15) is 7.05 Å². The maximum Gasteiger partial charge on any atom is 1.00 e. The molecule has 0 amide bonds. The summed E-state index contributed by atoms with van der Waals surface area (Å²) in [6, 6.07) is 0. The van der Waals surface area contributed by atoms with Gasteiger partial charge in [0.05, 0.1) is 0 Å². The van der Waals surface area contributed by atoms with Crippen LogP contribution in [-0.2, 0) is 0 Å². The summed E-state index contributed by atoms with van der Waals surface area (Å²) >= 11 is 0. The van der Waals surface area contributed by atoms with Gasteiger partial charge >= 0.3 is 58.2 Å². The van der Waals surface area contributed by atoms with Crippen molar-refractivity contribution in [3.05, 3.63) is 5.32 Å². The van der Waals surface area contributed by atoms with Crippen LogP contribution in [0.25, 0.3) is 5.32 Å². The molecule has 0 atom stereocenters. The molecule has 0 rings (SSSR count). The van der Waals surface area contributed by atoms with Crippen molar-refractivity contribution in [1.29, 1.82) is 0 Å². The summed E-state index contributed by atoms with van der Waals surface area (Å²) in [5.41, 5.74) is 0. The van der Waals surface area contributed by atoms with Gasteiger partial charge in [-0.05, 0) is 20.6 Å². The van der Waals surface area contributed by atoms with Gasteiger partial charge in [-0.3, -0.25) is 0 Å². The molecule has 0 saturated carbocycles.